The van der Waals surface area contributed by atoms with E-state index in [1.54, 1.807) is 6.92 Å². The Labute approximate surface area is 97.0 Å². The molecule has 2 rings (SSSR count). The molecule has 1 heterocycles. The van der Waals surface area contributed by atoms with Crippen LogP contribution in [0, 0.1) is 0 Å². The molecule has 16 heavy (non-hydrogen) atoms. The molecule has 1 aromatic heterocycles. The molecule has 0 spiro atoms. The Morgan fingerprint density at radius 3 is 2.94 bits per heavy atom. The van der Waals surface area contributed by atoms with E-state index in [4.69, 9.17) is 4.42 Å². The maximum absolute atomic E-state index is 11.2. The van der Waals surface area contributed by atoms with Crippen molar-refractivity contribution in [2.45, 2.75) is 17.4 Å². The molecule has 0 saturated heterocycles. The minimum Gasteiger partial charge on any atom is -0.468 e. The van der Waals surface area contributed by atoms with Crippen molar-refractivity contribution in [3.05, 3.63) is 24.3 Å². The number of carbonyl (C=O) groups excluding carboxylic acids is 1. The summed E-state index contributed by atoms with van der Waals surface area (Å²) in [6, 6.07) is 7.48. The Balaban J connectivity index is 2.18. The molecule has 0 radical (unpaired) electrons. The number of ether oxygens (including phenoxy) is 1. The fourth-order valence-corrected chi connectivity index (χ4v) is 2.05. The average Bonchev–Trinajstić information content (AvgIpc) is 2.69. The van der Waals surface area contributed by atoms with Crippen molar-refractivity contribution >= 4 is 28.8 Å². The number of para-hydroxylation sites is 2. The van der Waals surface area contributed by atoms with Crippen molar-refractivity contribution in [1.82, 2.24) is 4.98 Å². The first-order chi connectivity index (χ1) is 7.70. The highest BCUT2D eigenvalue weighted by Gasteiger charge is 2.17. The van der Waals surface area contributed by atoms with E-state index in [2.05, 4.69) is 9.72 Å². The fraction of sp³-hybridized carbons (Fsp3) is 0.273. The molecule has 5 heteroatoms. The largest absolute Gasteiger partial charge is 0.468 e. The predicted octanol–water partition coefficient (Wildman–Crippen LogP) is 2.48. The molecule has 0 aliphatic heterocycles. The Morgan fingerprint density at radius 2 is 2.25 bits per heavy atom. The van der Waals surface area contributed by atoms with E-state index < -0.39 is 0 Å². The first-order valence-electron chi connectivity index (χ1n) is 4.81. The summed E-state index contributed by atoms with van der Waals surface area (Å²) in [5.74, 6) is -0.285. The van der Waals surface area contributed by atoms with E-state index in [1.165, 1.54) is 18.9 Å². The summed E-state index contributed by atoms with van der Waals surface area (Å²) < 4.78 is 10.1. The molecule has 0 aliphatic carbocycles. The van der Waals surface area contributed by atoms with Gasteiger partial charge < -0.3 is 9.15 Å². The van der Waals surface area contributed by atoms with Crippen LogP contribution in [0.2, 0.25) is 0 Å². The van der Waals surface area contributed by atoms with Crippen LogP contribution >= 0.6 is 11.8 Å². The molecule has 4 nitrogen and oxygen atoms in total. The molecule has 2 aromatic rings. The van der Waals surface area contributed by atoms with Gasteiger partial charge in [-0.3, -0.25) is 4.79 Å². The van der Waals surface area contributed by atoms with Crippen LogP contribution in [0.15, 0.2) is 33.9 Å². The second kappa shape index (κ2) is 4.57. The highest BCUT2D eigenvalue weighted by Crippen LogP contribution is 2.26. The van der Waals surface area contributed by atoms with Gasteiger partial charge in [-0.05, 0) is 19.1 Å². The van der Waals surface area contributed by atoms with Crippen LogP contribution in [0.1, 0.15) is 6.92 Å². The van der Waals surface area contributed by atoms with Crippen molar-refractivity contribution in [3.63, 3.8) is 0 Å². The van der Waals surface area contributed by atoms with Gasteiger partial charge in [0.25, 0.3) is 5.22 Å². The van der Waals surface area contributed by atoms with Crippen LogP contribution in [-0.2, 0) is 9.53 Å². The molecular formula is C11H11NO3S. The first kappa shape index (κ1) is 11.0. The normalized spacial score (nSPS) is 12.6. The van der Waals surface area contributed by atoms with Crippen molar-refractivity contribution in [2.24, 2.45) is 0 Å². The Morgan fingerprint density at radius 1 is 1.50 bits per heavy atom. The highest BCUT2D eigenvalue weighted by molar-refractivity contribution is 8.00. The van der Waals surface area contributed by atoms with Crippen molar-refractivity contribution in [2.75, 3.05) is 7.11 Å². The molecule has 0 saturated carbocycles. The van der Waals surface area contributed by atoms with Crippen LogP contribution in [0.3, 0.4) is 0 Å². The third-order valence-electron chi connectivity index (χ3n) is 2.08. The van der Waals surface area contributed by atoms with E-state index in [0.717, 1.165) is 11.1 Å². The summed E-state index contributed by atoms with van der Waals surface area (Å²) in [5, 5.41) is 0.164. The topological polar surface area (TPSA) is 52.3 Å². The number of aromatic nitrogens is 1. The Kier molecular flexibility index (Phi) is 3.14. The summed E-state index contributed by atoms with van der Waals surface area (Å²) in [5.41, 5.74) is 1.52. The smallest absolute Gasteiger partial charge is 0.319 e. The van der Waals surface area contributed by atoms with Crippen LogP contribution in [0.5, 0.6) is 0 Å². The summed E-state index contributed by atoms with van der Waals surface area (Å²) in [4.78, 5) is 15.5. The molecular weight excluding hydrogens is 226 g/mol. The Hall–Kier alpha value is -1.49. The van der Waals surface area contributed by atoms with Gasteiger partial charge in [-0.1, -0.05) is 23.9 Å². The number of carbonyl (C=O) groups is 1. The van der Waals surface area contributed by atoms with Gasteiger partial charge in [0.1, 0.15) is 10.8 Å². The maximum Gasteiger partial charge on any atom is 0.319 e. The van der Waals surface area contributed by atoms with Gasteiger partial charge in [0.2, 0.25) is 0 Å². The van der Waals surface area contributed by atoms with E-state index in [-0.39, 0.29) is 11.2 Å². The monoisotopic (exact) mass is 237 g/mol. The van der Waals surface area contributed by atoms with E-state index in [1.807, 2.05) is 24.3 Å². The second-order valence-corrected chi connectivity index (χ2v) is 4.52. The van der Waals surface area contributed by atoms with Gasteiger partial charge in [0.05, 0.1) is 7.11 Å². The Bertz CT molecular complexity index is 476. The third-order valence-corrected chi connectivity index (χ3v) is 3.01. The number of oxazole rings is 1. The maximum atomic E-state index is 11.2. The number of methoxy groups -OCH3 is 1. The molecule has 0 bridgehead atoms. The minimum atomic E-state index is -0.321. The van der Waals surface area contributed by atoms with Gasteiger partial charge in [-0.15, -0.1) is 0 Å². The first-order valence-corrected chi connectivity index (χ1v) is 5.68. The van der Waals surface area contributed by atoms with Gasteiger partial charge in [0.15, 0.2) is 5.58 Å². The lowest BCUT2D eigenvalue weighted by molar-refractivity contribution is -0.139. The van der Waals surface area contributed by atoms with Crippen LogP contribution in [0.4, 0.5) is 0 Å². The third kappa shape index (κ3) is 2.19. The number of hydrogen-bond acceptors (Lipinski definition) is 5. The number of fused-ring (bicyclic) bond motifs is 1. The van der Waals surface area contributed by atoms with E-state index >= 15 is 0 Å². The number of thioether (sulfide) groups is 1. The average molecular weight is 237 g/mol. The van der Waals surface area contributed by atoms with Gasteiger partial charge in [-0.25, -0.2) is 4.98 Å². The number of nitrogens with zero attached hydrogens (tertiary/aromatic N) is 1. The van der Waals surface area contributed by atoms with Crippen molar-refractivity contribution in [3.8, 4) is 0 Å². The zero-order valence-corrected chi connectivity index (χ0v) is 9.78. The predicted molar refractivity (Wildman–Crippen MR) is 61.3 cm³/mol. The molecule has 1 atom stereocenters. The number of rotatable bonds is 3. The quantitative estimate of drug-likeness (QED) is 0.606. The standard InChI is InChI=1S/C11H11NO3S/c1-7(10(13)14-2)16-11-12-8-5-3-4-6-9(8)15-11/h3-7H,1-2H3/t7-/m1/s1. The molecule has 0 aliphatic rings. The summed E-state index contributed by atoms with van der Waals surface area (Å²) in [6.07, 6.45) is 0. The lowest BCUT2D eigenvalue weighted by Gasteiger charge is -2.04. The zero-order chi connectivity index (χ0) is 11.5. The summed E-state index contributed by atoms with van der Waals surface area (Å²) in [7, 11) is 1.37. The van der Waals surface area contributed by atoms with Gasteiger partial charge in [0, 0.05) is 0 Å². The van der Waals surface area contributed by atoms with Crippen LogP contribution in [-0.4, -0.2) is 23.3 Å². The second-order valence-electron chi connectivity index (χ2n) is 3.23. The van der Waals surface area contributed by atoms with Gasteiger partial charge >= 0.3 is 5.97 Å². The molecule has 0 N–H and O–H groups in total. The summed E-state index contributed by atoms with van der Waals surface area (Å²) in [6.45, 7) is 1.76. The van der Waals surface area contributed by atoms with E-state index in [0.29, 0.717) is 5.22 Å². The molecule has 84 valence electrons. The number of esters is 1. The highest BCUT2D eigenvalue weighted by atomic mass is 32.2. The molecule has 1 aromatic carbocycles. The molecule has 0 amide bonds. The fourth-order valence-electron chi connectivity index (χ4n) is 1.27. The van der Waals surface area contributed by atoms with Crippen LogP contribution < -0.4 is 0 Å². The minimum absolute atomic E-state index is 0.285. The SMILES string of the molecule is COC(=O)[C@@H](C)Sc1nc2ccccc2o1. The van der Waals surface area contributed by atoms with Crippen molar-refractivity contribution in [1.29, 1.82) is 0 Å². The lowest BCUT2D eigenvalue weighted by Crippen LogP contribution is -2.14. The molecule has 0 fully saturated rings. The van der Waals surface area contributed by atoms with Crippen molar-refractivity contribution < 1.29 is 13.9 Å². The summed E-state index contributed by atoms with van der Waals surface area (Å²) >= 11 is 1.25. The van der Waals surface area contributed by atoms with Gasteiger partial charge in [-0.2, -0.15) is 0 Å². The zero-order valence-electron chi connectivity index (χ0n) is 8.97. The molecule has 0 unspecified atom stereocenters. The van der Waals surface area contributed by atoms with E-state index in [9.17, 15) is 4.79 Å². The van der Waals surface area contributed by atoms with Crippen LogP contribution in [0.25, 0.3) is 11.1 Å². The number of hydrogen-bond donors (Lipinski definition) is 0. The lowest BCUT2D eigenvalue weighted by atomic mass is 10.3. The number of benzene rings is 1.